The Labute approximate surface area is 136 Å². The summed E-state index contributed by atoms with van der Waals surface area (Å²) in [4.78, 5) is 34.3. The van der Waals surface area contributed by atoms with Gasteiger partial charge in [0.1, 0.15) is 11.5 Å². The molecule has 1 aliphatic rings. The molecule has 0 spiro atoms. The lowest BCUT2D eigenvalue weighted by atomic mass is 10.2. The van der Waals surface area contributed by atoms with Crippen LogP contribution in [-0.4, -0.2) is 46.5 Å². The van der Waals surface area contributed by atoms with Crippen molar-refractivity contribution < 1.29 is 24.6 Å². The molecule has 1 aromatic rings. The summed E-state index contributed by atoms with van der Waals surface area (Å²) in [5, 5.41) is 27.1. The molecule has 1 heterocycles. The third-order valence-corrected chi connectivity index (χ3v) is 3.03. The van der Waals surface area contributed by atoms with Crippen molar-refractivity contribution in [1.82, 2.24) is 26.9 Å². The number of hydrazine groups is 1. The van der Waals surface area contributed by atoms with Gasteiger partial charge in [0.25, 0.3) is 11.8 Å². The van der Waals surface area contributed by atoms with Crippen LogP contribution < -0.4 is 26.9 Å². The predicted molar refractivity (Wildman–Crippen MR) is 81.7 cm³/mol. The second kappa shape index (κ2) is 7.39. The monoisotopic (exact) mass is 336 g/mol. The summed E-state index contributed by atoms with van der Waals surface area (Å²) >= 11 is 0. The second-order valence-electron chi connectivity index (χ2n) is 4.89. The quantitative estimate of drug-likeness (QED) is 0.246. The highest BCUT2D eigenvalue weighted by atomic mass is 16.3. The maximum Gasteiger partial charge on any atom is 0.335 e. The van der Waals surface area contributed by atoms with Crippen LogP contribution in [0.4, 0.5) is 4.79 Å². The first-order chi connectivity index (χ1) is 11.4. The van der Waals surface area contributed by atoms with Crippen molar-refractivity contribution >= 4 is 24.1 Å². The molecular weight excluding hydrogens is 320 g/mol. The number of hydrogen-bond acceptors (Lipinski definition) is 8. The smallest absolute Gasteiger partial charge is 0.335 e. The Morgan fingerprint density at radius 3 is 2.79 bits per heavy atom. The highest BCUT2D eigenvalue weighted by Crippen LogP contribution is 2.20. The van der Waals surface area contributed by atoms with Crippen LogP contribution in [0, 0.1) is 0 Å². The Kier molecular flexibility index (Phi) is 5.29. The van der Waals surface area contributed by atoms with Crippen molar-refractivity contribution in [2.75, 3.05) is 0 Å². The van der Waals surface area contributed by atoms with Gasteiger partial charge in [-0.15, -0.1) is 0 Å². The van der Waals surface area contributed by atoms with Crippen molar-refractivity contribution in [2.45, 2.75) is 19.1 Å². The van der Waals surface area contributed by atoms with E-state index in [1.165, 1.54) is 25.3 Å². The molecule has 2 atom stereocenters. The Morgan fingerprint density at radius 1 is 1.38 bits per heavy atom. The van der Waals surface area contributed by atoms with Crippen LogP contribution >= 0.6 is 0 Å². The SMILES string of the molecule is CC(NC1NNC(=O)NC1=O)C(=O)N/N=C/c1ccc(O)cc1O. The molecule has 0 aromatic heterocycles. The molecule has 4 amide bonds. The Morgan fingerprint density at radius 2 is 2.12 bits per heavy atom. The van der Waals surface area contributed by atoms with E-state index in [2.05, 4.69) is 26.7 Å². The van der Waals surface area contributed by atoms with Gasteiger partial charge in [0, 0.05) is 11.6 Å². The third-order valence-electron chi connectivity index (χ3n) is 3.03. The number of amides is 4. The maximum absolute atomic E-state index is 11.9. The van der Waals surface area contributed by atoms with Crippen LogP contribution in [0.25, 0.3) is 0 Å². The number of nitrogens with one attached hydrogen (secondary N) is 5. The predicted octanol–water partition coefficient (Wildman–Crippen LogP) is -1.80. The number of hydrogen-bond donors (Lipinski definition) is 7. The van der Waals surface area contributed by atoms with E-state index in [4.69, 9.17) is 0 Å². The fourth-order valence-electron chi connectivity index (χ4n) is 1.77. The minimum Gasteiger partial charge on any atom is -0.508 e. The Hall–Kier alpha value is -3.18. The number of carbonyl (C=O) groups is 3. The van der Waals surface area contributed by atoms with Crippen molar-refractivity contribution in [2.24, 2.45) is 5.10 Å². The van der Waals surface area contributed by atoms with E-state index in [0.29, 0.717) is 5.56 Å². The lowest BCUT2D eigenvalue weighted by Crippen LogP contribution is -2.68. The van der Waals surface area contributed by atoms with Crippen molar-refractivity contribution in [3.05, 3.63) is 23.8 Å². The third kappa shape index (κ3) is 4.41. The van der Waals surface area contributed by atoms with Crippen LogP contribution in [0.1, 0.15) is 12.5 Å². The van der Waals surface area contributed by atoms with E-state index in [1.54, 1.807) is 0 Å². The van der Waals surface area contributed by atoms with Crippen LogP contribution in [0.15, 0.2) is 23.3 Å². The zero-order valence-electron chi connectivity index (χ0n) is 12.5. The number of carbonyl (C=O) groups excluding carboxylic acids is 3. The summed E-state index contributed by atoms with van der Waals surface area (Å²) in [7, 11) is 0. The summed E-state index contributed by atoms with van der Waals surface area (Å²) in [6, 6.07) is 2.41. The molecule has 11 nitrogen and oxygen atoms in total. The molecule has 2 rings (SSSR count). The fraction of sp³-hybridized carbons (Fsp3) is 0.231. The molecule has 7 N–H and O–H groups in total. The highest BCUT2D eigenvalue weighted by Gasteiger charge is 2.28. The molecular formula is C13H16N6O5. The number of phenolic OH excluding ortho intramolecular Hbond substituents is 2. The van der Waals surface area contributed by atoms with E-state index in [-0.39, 0.29) is 11.5 Å². The number of nitrogens with zero attached hydrogens (tertiary/aromatic N) is 1. The number of hydrazone groups is 1. The molecule has 24 heavy (non-hydrogen) atoms. The first-order valence-electron chi connectivity index (χ1n) is 6.84. The van der Waals surface area contributed by atoms with Gasteiger partial charge in [-0.3, -0.25) is 25.6 Å². The zero-order chi connectivity index (χ0) is 17.7. The number of aromatic hydroxyl groups is 2. The average Bonchev–Trinajstić information content (AvgIpc) is 2.52. The molecule has 2 unspecified atom stereocenters. The van der Waals surface area contributed by atoms with Gasteiger partial charge in [0.2, 0.25) is 0 Å². The summed E-state index contributed by atoms with van der Waals surface area (Å²) < 4.78 is 0. The molecule has 0 aliphatic carbocycles. The highest BCUT2D eigenvalue weighted by molar-refractivity contribution is 5.99. The Balaban J connectivity index is 1.86. The molecule has 1 fully saturated rings. The number of rotatable bonds is 5. The summed E-state index contributed by atoms with van der Waals surface area (Å²) in [6.07, 6.45) is 0.221. The molecule has 11 heteroatoms. The molecule has 1 aliphatic heterocycles. The van der Waals surface area contributed by atoms with Gasteiger partial charge in [-0.05, 0) is 19.1 Å². The van der Waals surface area contributed by atoms with Crippen molar-refractivity contribution in [3.63, 3.8) is 0 Å². The van der Waals surface area contributed by atoms with Gasteiger partial charge in [0.05, 0.1) is 12.3 Å². The first-order valence-corrected chi connectivity index (χ1v) is 6.84. The molecule has 1 aromatic carbocycles. The molecule has 128 valence electrons. The second-order valence-corrected chi connectivity index (χ2v) is 4.89. The average molecular weight is 336 g/mol. The van der Waals surface area contributed by atoms with Gasteiger partial charge in [-0.2, -0.15) is 5.10 Å². The van der Waals surface area contributed by atoms with Gasteiger partial charge in [-0.25, -0.2) is 15.6 Å². The summed E-state index contributed by atoms with van der Waals surface area (Å²) in [5.74, 6) is -1.47. The molecule has 0 saturated carbocycles. The standard InChI is InChI=1S/C13H16N6O5/c1-6(15-10-12(23)16-13(24)19-17-10)11(22)18-14-5-7-2-3-8(20)4-9(7)21/h2-6,10,15,17,20-21H,1H3,(H,18,22)(H2,16,19,23,24)/b14-5+. The van der Waals surface area contributed by atoms with Crippen LogP contribution in [0.5, 0.6) is 11.5 Å². The van der Waals surface area contributed by atoms with E-state index in [0.717, 1.165) is 6.07 Å². The van der Waals surface area contributed by atoms with Crippen LogP contribution in [0.3, 0.4) is 0 Å². The van der Waals surface area contributed by atoms with E-state index >= 15 is 0 Å². The number of benzene rings is 1. The van der Waals surface area contributed by atoms with Gasteiger partial charge < -0.3 is 10.2 Å². The normalized spacial score (nSPS) is 18.8. The zero-order valence-corrected chi connectivity index (χ0v) is 12.5. The van der Waals surface area contributed by atoms with E-state index in [9.17, 15) is 24.6 Å². The fourth-order valence-corrected chi connectivity index (χ4v) is 1.77. The van der Waals surface area contributed by atoms with E-state index in [1.807, 2.05) is 5.32 Å². The minimum absolute atomic E-state index is 0.100. The lowest BCUT2D eigenvalue weighted by molar-refractivity contribution is -0.126. The number of urea groups is 1. The van der Waals surface area contributed by atoms with Gasteiger partial charge in [-0.1, -0.05) is 0 Å². The first kappa shape index (κ1) is 17.2. The topological polar surface area (TPSA) is 164 Å². The van der Waals surface area contributed by atoms with Crippen molar-refractivity contribution in [1.29, 1.82) is 0 Å². The molecule has 1 saturated heterocycles. The van der Waals surface area contributed by atoms with Crippen LogP contribution in [-0.2, 0) is 9.59 Å². The number of phenols is 2. The number of imide groups is 1. The lowest BCUT2D eigenvalue weighted by Gasteiger charge is -2.26. The van der Waals surface area contributed by atoms with Crippen LogP contribution in [0.2, 0.25) is 0 Å². The van der Waals surface area contributed by atoms with Gasteiger partial charge >= 0.3 is 6.03 Å². The van der Waals surface area contributed by atoms with E-state index < -0.39 is 30.1 Å². The minimum atomic E-state index is -0.978. The van der Waals surface area contributed by atoms with Gasteiger partial charge in [0.15, 0.2) is 6.17 Å². The summed E-state index contributed by atoms with van der Waals surface area (Å²) in [5.41, 5.74) is 7.12. The largest absolute Gasteiger partial charge is 0.508 e. The molecule has 0 bridgehead atoms. The maximum atomic E-state index is 11.9. The van der Waals surface area contributed by atoms with Crippen molar-refractivity contribution in [3.8, 4) is 11.5 Å². The Bertz CT molecular complexity index is 691. The summed E-state index contributed by atoms with van der Waals surface area (Å²) in [6.45, 7) is 1.49. The molecule has 0 radical (unpaired) electrons.